The van der Waals surface area contributed by atoms with Crippen LogP contribution in [0.3, 0.4) is 0 Å². The van der Waals surface area contributed by atoms with Crippen molar-refractivity contribution in [2.45, 2.75) is 58.7 Å². The summed E-state index contributed by atoms with van der Waals surface area (Å²) in [6.07, 6.45) is 5.21. The zero-order valence-electron chi connectivity index (χ0n) is 15.1. The number of fused-ring (bicyclic) bond motifs is 1. The van der Waals surface area contributed by atoms with E-state index < -0.39 is 0 Å². The second kappa shape index (κ2) is 8.63. The van der Waals surface area contributed by atoms with E-state index in [1.54, 1.807) is 14.0 Å². The van der Waals surface area contributed by atoms with Gasteiger partial charge >= 0.3 is 0 Å². The van der Waals surface area contributed by atoms with Gasteiger partial charge in [-0.15, -0.1) is 24.0 Å². The summed E-state index contributed by atoms with van der Waals surface area (Å²) in [4.78, 5) is 8.45. The Morgan fingerprint density at radius 2 is 2.28 bits per heavy atom. The van der Waals surface area contributed by atoms with Crippen molar-refractivity contribution in [1.82, 2.24) is 30.6 Å². The van der Waals surface area contributed by atoms with Crippen molar-refractivity contribution in [2.24, 2.45) is 4.99 Å². The van der Waals surface area contributed by atoms with Gasteiger partial charge in [-0.1, -0.05) is 5.16 Å². The summed E-state index contributed by atoms with van der Waals surface area (Å²) >= 11 is 0. The number of nitrogens with one attached hydrogen (secondary N) is 2. The molecule has 9 heteroatoms. The number of aliphatic imine (C=N–C) groups is 1. The van der Waals surface area contributed by atoms with Crippen LogP contribution in [-0.2, 0) is 19.4 Å². The van der Waals surface area contributed by atoms with Crippen LogP contribution >= 0.6 is 24.0 Å². The predicted molar refractivity (Wildman–Crippen MR) is 106 cm³/mol. The minimum Gasteiger partial charge on any atom is -0.353 e. The van der Waals surface area contributed by atoms with Crippen LogP contribution in [0.25, 0.3) is 0 Å². The molecule has 2 heterocycles. The van der Waals surface area contributed by atoms with Crippen molar-refractivity contribution in [3.8, 4) is 0 Å². The van der Waals surface area contributed by atoms with Gasteiger partial charge in [-0.05, 0) is 32.3 Å². The highest BCUT2D eigenvalue weighted by molar-refractivity contribution is 14.0. The molecule has 2 aromatic heterocycles. The maximum absolute atomic E-state index is 4.97. The minimum atomic E-state index is 0. The van der Waals surface area contributed by atoms with E-state index in [0.717, 1.165) is 25.2 Å². The Labute approximate surface area is 164 Å². The third kappa shape index (κ3) is 4.93. The summed E-state index contributed by atoms with van der Waals surface area (Å²) in [6.45, 7) is 6.57. The summed E-state index contributed by atoms with van der Waals surface area (Å²) < 4.78 is 7.02. The van der Waals surface area contributed by atoms with E-state index in [-0.39, 0.29) is 24.0 Å². The molecular formula is C16H26IN7O. The third-order valence-corrected chi connectivity index (χ3v) is 4.17. The number of halogens is 1. The Morgan fingerprint density at radius 1 is 1.48 bits per heavy atom. The average molecular weight is 459 g/mol. The molecule has 0 saturated carbocycles. The number of aromatic nitrogens is 4. The highest BCUT2D eigenvalue weighted by Crippen LogP contribution is 2.21. The lowest BCUT2D eigenvalue weighted by Gasteiger charge is -2.24. The molecule has 0 bridgehead atoms. The second-order valence-electron chi connectivity index (χ2n) is 6.41. The molecule has 1 unspecified atom stereocenters. The fourth-order valence-electron chi connectivity index (χ4n) is 2.86. The summed E-state index contributed by atoms with van der Waals surface area (Å²) in [7, 11) is 1.76. The molecule has 0 fully saturated rings. The van der Waals surface area contributed by atoms with Gasteiger partial charge in [0.25, 0.3) is 0 Å². The van der Waals surface area contributed by atoms with E-state index in [9.17, 15) is 0 Å². The van der Waals surface area contributed by atoms with Crippen LogP contribution in [0.15, 0.2) is 15.7 Å². The lowest BCUT2D eigenvalue weighted by molar-refractivity contribution is 0.386. The number of hydrogen-bond donors (Lipinski definition) is 2. The lowest BCUT2D eigenvalue weighted by Crippen LogP contribution is -2.45. The van der Waals surface area contributed by atoms with E-state index in [2.05, 4.69) is 50.5 Å². The van der Waals surface area contributed by atoms with Gasteiger partial charge in [0.1, 0.15) is 0 Å². The molecule has 0 aromatic carbocycles. The van der Waals surface area contributed by atoms with Crippen LogP contribution in [0, 0.1) is 6.92 Å². The van der Waals surface area contributed by atoms with E-state index in [4.69, 9.17) is 9.62 Å². The van der Waals surface area contributed by atoms with Gasteiger partial charge < -0.3 is 15.2 Å². The van der Waals surface area contributed by atoms with E-state index >= 15 is 0 Å². The van der Waals surface area contributed by atoms with Crippen LogP contribution in [0.5, 0.6) is 0 Å². The first-order chi connectivity index (χ1) is 11.5. The van der Waals surface area contributed by atoms with Crippen molar-refractivity contribution in [2.75, 3.05) is 7.05 Å². The zero-order valence-corrected chi connectivity index (χ0v) is 17.4. The number of nitrogens with zero attached hydrogens (tertiary/aromatic N) is 5. The highest BCUT2D eigenvalue weighted by atomic mass is 127. The van der Waals surface area contributed by atoms with Gasteiger partial charge in [0.15, 0.2) is 11.8 Å². The van der Waals surface area contributed by atoms with E-state index in [1.807, 2.05) is 0 Å². The maximum Gasteiger partial charge on any atom is 0.223 e. The first kappa shape index (κ1) is 19.7. The highest BCUT2D eigenvalue weighted by Gasteiger charge is 2.23. The Balaban J connectivity index is 0.00000225. The molecule has 25 heavy (non-hydrogen) atoms. The Kier molecular flexibility index (Phi) is 6.79. The summed E-state index contributed by atoms with van der Waals surface area (Å²) in [5, 5.41) is 15.3. The molecule has 0 amide bonds. The van der Waals surface area contributed by atoms with Gasteiger partial charge in [-0.25, -0.2) is 0 Å². The molecule has 138 valence electrons. The molecule has 0 spiro atoms. The smallest absolute Gasteiger partial charge is 0.223 e. The third-order valence-electron chi connectivity index (χ3n) is 4.17. The predicted octanol–water partition coefficient (Wildman–Crippen LogP) is 2.00. The fourth-order valence-corrected chi connectivity index (χ4v) is 2.86. The van der Waals surface area contributed by atoms with Crippen molar-refractivity contribution in [3.63, 3.8) is 0 Å². The molecule has 1 aliphatic carbocycles. The van der Waals surface area contributed by atoms with Crippen LogP contribution in [-0.4, -0.2) is 39.0 Å². The van der Waals surface area contributed by atoms with Crippen molar-refractivity contribution >= 4 is 29.9 Å². The Bertz CT molecular complexity index is 722. The molecule has 1 atom stereocenters. The average Bonchev–Trinajstić information content (AvgIpc) is 3.17. The van der Waals surface area contributed by atoms with E-state index in [1.165, 1.54) is 11.3 Å². The van der Waals surface area contributed by atoms with Crippen molar-refractivity contribution < 1.29 is 4.52 Å². The van der Waals surface area contributed by atoms with Crippen molar-refractivity contribution in [1.29, 1.82) is 0 Å². The van der Waals surface area contributed by atoms with Gasteiger partial charge in [0.05, 0.1) is 12.2 Å². The van der Waals surface area contributed by atoms with Crippen molar-refractivity contribution in [3.05, 3.63) is 29.2 Å². The molecule has 2 aromatic rings. The second-order valence-corrected chi connectivity index (χ2v) is 6.41. The zero-order chi connectivity index (χ0) is 17.1. The normalized spacial score (nSPS) is 17.2. The summed E-state index contributed by atoms with van der Waals surface area (Å²) in [5.74, 6) is 1.93. The first-order valence-electron chi connectivity index (χ1n) is 8.38. The van der Waals surface area contributed by atoms with Gasteiger partial charge in [-0.3, -0.25) is 9.67 Å². The number of rotatable bonds is 4. The SMILES string of the molecule is CN=C(NCc1noc(C)n1)NC1CCc2cn(C(C)C)nc2C1.I. The van der Waals surface area contributed by atoms with Crippen LogP contribution in [0.2, 0.25) is 0 Å². The van der Waals surface area contributed by atoms with Crippen LogP contribution in [0.1, 0.15) is 49.3 Å². The van der Waals surface area contributed by atoms with Crippen LogP contribution in [0.4, 0.5) is 0 Å². The Hall–Kier alpha value is -1.65. The number of aryl methyl sites for hydroxylation is 2. The lowest BCUT2D eigenvalue weighted by atomic mass is 9.94. The van der Waals surface area contributed by atoms with Gasteiger partial charge in [-0.2, -0.15) is 10.1 Å². The number of guanidine groups is 1. The van der Waals surface area contributed by atoms with Crippen LogP contribution < -0.4 is 10.6 Å². The fraction of sp³-hybridized carbons (Fsp3) is 0.625. The molecule has 2 N–H and O–H groups in total. The molecule has 8 nitrogen and oxygen atoms in total. The molecular weight excluding hydrogens is 433 g/mol. The topological polar surface area (TPSA) is 93.2 Å². The van der Waals surface area contributed by atoms with E-state index in [0.29, 0.717) is 30.3 Å². The molecule has 3 rings (SSSR count). The summed E-state index contributed by atoms with van der Waals surface area (Å²) in [5.41, 5.74) is 2.56. The van der Waals surface area contributed by atoms with Gasteiger partial charge in [0.2, 0.25) is 5.89 Å². The number of hydrogen-bond acceptors (Lipinski definition) is 5. The Morgan fingerprint density at radius 3 is 2.92 bits per heavy atom. The summed E-state index contributed by atoms with van der Waals surface area (Å²) in [6, 6.07) is 0.723. The quantitative estimate of drug-likeness (QED) is 0.413. The van der Waals surface area contributed by atoms with Gasteiger partial charge in [0, 0.05) is 38.7 Å². The monoisotopic (exact) mass is 459 g/mol. The minimum absolute atomic E-state index is 0. The molecule has 0 aliphatic heterocycles. The molecule has 1 aliphatic rings. The molecule has 0 saturated heterocycles. The maximum atomic E-state index is 4.97. The largest absolute Gasteiger partial charge is 0.353 e. The molecule has 0 radical (unpaired) electrons. The first-order valence-corrected chi connectivity index (χ1v) is 8.38. The standard InChI is InChI=1S/C16H25N7O.HI/c1-10(2)23-9-12-5-6-13(7-14(12)21-23)20-16(17-4)18-8-15-19-11(3)24-22-15;/h9-10,13H,5-8H2,1-4H3,(H2,17,18,20);1H.